The molecule has 1 N–H and O–H groups in total. The average molecular weight is 591 g/mol. The first kappa shape index (κ1) is 30.4. The van der Waals surface area contributed by atoms with Crippen LogP contribution in [0, 0.1) is 0 Å². The molecule has 0 radical (unpaired) electrons. The third kappa shape index (κ3) is 6.06. The predicted molar refractivity (Wildman–Crippen MR) is 149 cm³/mol. The average Bonchev–Trinajstić information content (AvgIpc) is 3.42. The van der Waals surface area contributed by atoms with Gasteiger partial charge in [0.1, 0.15) is 17.4 Å². The molecular formula is C30H33F3N2O5S. The number of hydrogen-bond donors (Lipinski definition) is 1. The fraction of sp³-hybridized carbons (Fsp3) is 0.367. The van der Waals surface area contributed by atoms with Gasteiger partial charge in [-0.2, -0.15) is 13.2 Å². The summed E-state index contributed by atoms with van der Waals surface area (Å²) in [5.41, 5.74) is -1.32. The van der Waals surface area contributed by atoms with Gasteiger partial charge in [-0.1, -0.05) is 32.9 Å². The monoisotopic (exact) mass is 590 g/mol. The summed E-state index contributed by atoms with van der Waals surface area (Å²) in [7, 11) is -2.84. The standard InChI is InChI=1S/C30H33F3N2O5S/c1-28(2,3)20-9-8-10-22(16-20)41(38,39)35-23-12-11-21(30(31,32)33)13-18(23)14-24(35)26(36)19-15-25(34(7)17-19)27(37)40-29(4,5)6/h8-17,26,36H,1-7H3. The third-order valence-electron chi connectivity index (χ3n) is 6.58. The van der Waals surface area contributed by atoms with E-state index < -0.39 is 39.4 Å². The summed E-state index contributed by atoms with van der Waals surface area (Å²) in [6.45, 7) is 10.9. The molecule has 0 aliphatic carbocycles. The Kier molecular flexibility index (Phi) is 7.45. The van der Waals surface area contributed by atoms with E-state index >= 15 is 0 Å². The third-order valence-corrected chi connectivity index (χ3v) is 8.32. The van der Waals surface area contributed by atoms with Crippen LogP contribution in [0.3, 0.4) is 0 Å². The first-order chi connectivity index (χ1) is 18.7. The Bertz CT molecular complexity index is 1740. The van der Waals surface area contributed by atoms with Gasteiger partial charge in [-0.15, -0.1) is 0 Å². The Morgan fingerprint density at radius 2 is 1.59 bits per heavy atom. The highest BCUT2D eigenvalue weighted by Crippen LogP contribution is 2.37. The zero-order valence-electron chi connectivity index (χ0n) is 23.9. The van der Waals surface area contributed by atoms with E-state index in [-0.39, 0.29) is 38.2 Å². The Morgan fingerprint density at radius 1 is 0.927 bits per heavy atom. The van der Waals surface area contributed by atoms with Gasteiger partial charge in [0.15, 0.2) is 0 Å². The molecular weight excluding hydrogens is 557 g/mol. The maximum atomic E-state index is 14.1. The Morgan fingerprint density at radius 3 is 2.17 bits per heavy atom. The van der Waals surface area contributed by atoms with Crippen LogP contribution in [0.2, 0.25) is 0 Å². The van der Waals surface area contributed by atoms with E-state index in [9.17, 15) is 31.5 Å². The number of aliphatic hydroxyl groups excluding tert-OH is 1. The van der Waals surface area contributed by atoms with Crippen molar-refractivity contribution in [1.82, 2.24) is 8.54 Å². The number of hydrogen-bond acceptors (Lipinski definition) is 5. The van der Waals surface area contributed by atoms with Gasteiger partial charge in [0, 0.05) is 24.2 Å². The van der Waals surface area contributed by atoms with Crippen molar-refractivity contribution in [1.29, 1.82) is 0 Å². The number of esters is 1. The minimum atomic E-state index is -4.66. The lowest BCUT2D eigenvalue weighted by Crippen LogP contribution is -2.25. The van der Waals surface area contributed by atoms with Crippen molar-refractivity contribution in [2.45, 2.75) is 69.7 Å². The number of ether oxygens (including phenoxy) is 1. The number of carbonyl (C=O) groups excluding carboxylic acids is 1. The Labute approximate surface area is 237 Å². The van der Waals surface area contributed by atoms with E-state index in [1.807, 2.05) is 20.8 Å². The van der Waals surface area contributed by atoms with Crippen LogP contribution in [0.4, 0.5) is 13.2 Å². The van der Waals surface area contributed by atoms with Crippen LogP contribution in [0.25, 0.3) is 10.9 Å². The van der Waals surface area contributed by atoms with Crippen LogP contribution in [-0.2, 0) is 33.4 Å². The van der Waals surface area contributed by atoms with E-state index in [4.69, 9.17) is 4.74 Å². The van der Waals surface area contributed by atoms with Crippen LogP contribution < -0.4 is 0 Å². The highest BCUT2D eigenvalue weighted by atomic mass is 32.2. The normalized spacial score (nSPS) is 13.9. The van der Waals surface area contributed by atoms with Gasteiger partial charge in [-0.25, -0.2) is 17.2 Å². The van der Waals surface area contributed by atoms with E-state index in [1.54, 1.807) is 40.0 Å². The molecule has 7 nitrogen and oxygen atoms in total. The van der Waals surface area contributed by atoms with Crippen LogP contribution in [0.1, 0.15) is 80.5 Å². The number of alkyl halides is 3. The van der Waals surface area contributed by atoms with Crippen LogP contribution in [0.5, 0.6) is 0 Å². The number of benzene rings is 2. The topological polar surface area (TPSA) is 90.5 Å². The summed E-state index contributed by atoms with van der Waals surface area (Å²) in [5.74, 6) is -0.652. The second kappa shape index (κ2) is 10.1. The van der Waals surface area contributed by atoms with Gasteiger partial charge < -0.3 is 14.4 Å². The minimum absolute atomic E-state index is 0.0206. The molecule has 2 aromatic carbocycles. The van der Waals surface area contributed by atoms with Crippen molar-refractivity contribution in [3.05, 3.63) is 88.9 Å². The van der Waals surface area contributed by atoms with Gasteiger partial charge >= 0.3 is 12.1 Å². The lowest BCUT2D eigenvalue weighted by atomic mass is 9.87. The molecule has 2 aromatic heterocycles. The smallest absolute Gasteiger partial charge is 0.416 e. The molecule has 0 saturated carbocycles. The molecule has 2 heterocycles. The number of carbonyl (C=O) groups is 1. The molecule has 0 saturated heterocycles. The van der Waals surface area contributed by atoms with Gasteiger partial charge in [0.05, 0.1) is 21.7 Å². The first-order valence-corrected chi connectivity index (χ1v) is 14.3. The molecule has 4 rings (SSSR count). The zero-order chi connectivity index (χ0) is 30.7. The first-order valence-electron chi connectivity index (χ1n) is 12.9. The predicted octanol–water partition coefficient (Wildman–Crippen LogP) is 6.57. The molecule has 4 aromatic rings. The highest BCUT2D eigenvalue weighted by molar-refractivity contribution is 7.90. The van der Waals surface area contributed by atoms with Gasteiger partial charge in [0.2, 0.25) is 0 Å². The zero-order valence-corrected chi connectivity index (χ0v) is 24.7. The van der Waals surface area contributed by atoms with E-state index in [1.165, 1.54) is 35.0 Å². The van der Waals surface area contributed by atoms with Gasteiger partial charge in [0.25, 0.3) is 10.0 Å². The van der Waals surface area contributed by atoms with Gasteiger partial charge in [-0.05, 0) is 74.2 Å². The van der Waals surface area contributed by atoms with E-state index in [0.717, 1.165) is 27.7 Å². The van der Waals surface area contributed by atoms with Crippen molar-refractivity contribution in [2.24, 2.45) is 7.05 Å². The number of aryl methyl sites for hydroxylation is 1. The second-order valence-electron chi connectivity index (χ2n) is 12.1. The molecule has 1 unspecified atom stereocenters. The quantitative estimate of drug-likeness (QED) is 0.266. The maximum Gasteiger partial charge on any atom is 0.416 e. The second-order valence-corrected chi connectivity index (χ2v) is 13.8. The molecule has 220 valence electrons. The molecule has 0 aliphatic heterocycles. The van der Waals surface area contributed by atoms with Crippen LogP contribution >= 0.6 is 0 Å². The van der Waals surface area contributed by atoms with Crippen molar-refractivity contribution in [2.75, 3.05) is 0 Å². The highest BCUT2D eigenvalue weighted by Gasteiger charge is 2.34. The number of fused-ring (bicyclic) bond motifs is 1. The fourth-order valence-corrected chi connectivity index (χ4v) is 6.11. The fourth-order valence-electron chi connectivity index (χ4n) is 4.52. The van der Waals surface area contributed by atoms with Gasteiger partial charge in [-0.3, -0.25) is 0 Å². The Balaban J connectivity index is 1.93. The SMILES string of the molecule is Cn1cc(C(O)c2cc3cc(C(F)(F)F)ccc3n2S(=O)(=O)c2cccc(C(C)(C)C)c2)cc1C(=O)OC(C)(C)C. The van der Waals surface area contributed by atoms with E-state index in [0.29, 0.717) is 0 Å². The van der Waals surface area contributed by atoms with Crippen molar-refractivity contribution < 1.29 is 36.2 Å². The molecule has 0 aliphatic rings. The largest absolute Gasteiger partial charge is 0.455 e. The summed E-state index contributed by atoms with van der Waals surface area (Å²) in [6.07, 6.45) is -4.82. The number of aliphatic hydroxyl groups is 1. The molecule has 0 bridgehead atoms. The summed E-state index contributed by atoms with van der Waals surface area (Å²) < 4.78 is 76.5. The summed E-state index contributed by atoms with van der Waals surface area (Å²) >= 11 is 0. The van der Waals surface area contributed by atoms with Crippen molar-refractivity contribution in [3.8, 4) is 0 Å². The maximum absolute atomic E-state index is 14.1. The number of nitrogens with zero attached hydrogens (tertiary/aromatic N) is 2. The number of halogens is 3. The lowest BCUT2D eigenvalue weighted by Gasteiger charge is -2.21. The van der Waals surface area contributed by atoms with Crippen LogP contribution in [0.15, 0.2) is 65.7 Å². The molecule has 0 fully saturated rings. The van der Waals surface area contributed by atoms with Crippen molar-refractivity contribution >= 4 is 26.9 Å². The van der Waals surface area contributed by atoms with E-state index in [2.05, 4.69) is 0 Å². The van der Waals surface area contributed by atoms with Crippen molar-refractivity contribution in [3.63, 3.8) is 0 Å². The molecule has 41 heavy (non-hydrogen) atoms. The lowest BCUT2D eigenvalue weighted by molar-refractivity contribution is -0.137. The minimum Gasteiger partial charge on any atom is -0.455 e. The summed E-state index contributed by atoms with van der Waals surface area (Å²) in [5, 5.41) is 11.5. The Hall–Kier alpha value is -3.57. The molecule has 0 amide bonds. The van der Waals surface area contributed by atoms with Crippen LogP contribution in [-0.4, -0.2) is 33.6 Å². The molecule has 1 atom stereocenters. The summed E-state index contributed by atoms with van der Waals surface area (Å²) in [4.78, 5) is 12.6. The molecule has 11 heteroatoms. The summed E-state index contributed by atoms with van der Waals surface area (Å²) in [6, 6.07) is 11.6. The number of aromatic nitrogens is 2. The number of rotatable bonds is 5. The molecule has 0 spiro atoms.